The number of aryl methyl sites for hydroxylation is 1. The molecule has 136 valence electrons. The van der Waals surface area contributed by atoms with Crippen molar-refractivity contribution in [3.05, 3.63) is 52.6 Å². The third-order valence-corrected chi connectivity index (χ3v) is 4.53. The topological polar surface area (TPSA) is 71.9 Å². The number of amides is 1. The molecule has 0 atom stereocenters. The molecule has 0 spiro atoms. The molecule has 0 saturated heterocycles. The number of benzene rings is 2. The van der Waals surface area contributed by atoms with E-state index in [2.05, 4.69) is 28.5 Å². The second kappa shape index (κ2) is 8.14. The Labute approximate surface area is 157 Å². The fourth-order valence-electron chi connectivity index (χ4n) is 2.84. The quantitative estimate of drug-likeness (QED) is 0.626. The van der Waals surface area contributed by atoms with Gasteiger partial charge in [-0.15, -0.1) is 0 Å². The lowest BCUT2D eigenvalue weighted by Gasteiger charge is -2.09. The van der Waals surface area contributed by atoms with Crippen molar-refractivity contribution in [3.8, 4) is 5.75 Å². The van der Waals surface area contributed by atoms with Crippen LogP contribution in [0.25, 0.3) is 10.8 Å². The molecular weight excluding hydrogens is 348 g/mol. The molecule has 0 saturated carbocycles. The van der Waals surface area contributed by atoms with Gasteiger partial charge in [0.1, 0.15) is 18.1 Å². The summed E-state index contributed by atoms with van der Waals surface area (Å²) in [5.41, 5.74) is 1.04. The molecule has 6 nitrogen and oxygen atoms in total. The Hall–Kier alpha value is -2.67. The van der Waals surface area contributed by atoms with E-state index in [1.807, 2.05) is 30.3 Å². The van der Waals surface area contributed by atoms with Gasteiger partial charge in [-0.05, 0) is 53.2 Å². The first-order chi connectivity index (χ1) is 12.6. The van der Waals surface area contributed by atoms with Crippen LogP contribution in [0.3, 0.4) is 0 Å². The minimum absolute atomic E-state index is 0.0883. The SMILES string of the molecule is CCCc1n[nH]c(=S)n1CC(=O)NCc1ccc2cc(OC)ccc2c1. The zero-order valence-corrected chi connectivity index (χ0v) is 15.7. The third kappa shape index (κ3) is 4.11. The molecule has 0 aliphatic heterocycles. The summed E-state index contributed by atoms with van der Waals surface area (Å²) in [5.74, 6) is 1.56. The molecular formula is C19H22N4O2S. The van der Waals surface area contributed by atoms with Crippen LogP contribution in [0.2, 0.25) is 0 Å². The van der Waals surface area contributed by atoms with Crippen molar-refractivity contribution in [1.82, 2.24) is 20.1 Å². The molecule has 3 aromatic rings. The molecule has 1 amide bonds. The van der Waals surface area contributed by atoms with E-state index < -0.39 is 0 Å². The first-order valence-corrected chi connectivity index (χ1v) is 8.99. The Morgan fingerprint density at radius 2 is 2.04 bits per heavy atom. The largest absolute Gasteiger partial charge is 0.497 e. The molecule has 0 unspecified atom stereocenters. The highest BCUT2D eigenvalue weighted by Crippen LogP contribution is 2.21. The fraction of sp³-hybridized carbons (Fsp3) is 0.316. The zero-order valence-electron chi connectivity index (χ0n) is 14.9. The second-order valence-corrected chi connectivity index (χ2v) is 6.49. The number of carbonyl (C=O) groups excluding carboxylic acids is 1. The Bertz CT molecular complexity index is 977. The van der Waals surface area contributed by atoms with E-state index in [0.29, 0.717) is 11.3 Å². The van der Waals surface area contributed by atoms with Crippen LogP contribution >= 0.6 is 12.2 Å². The van der Waals surface area contributed by atoms with Crippen molar-refractivity contribution < 1.29 is 9.53 Å². The monoisotopic (exact) mass is 370 g/mol. The van der Waals surface area contributed by atoms with Crippen molar-refractivity contribution in [2.24, 2.45) is 0 Å². The molecule has 2 aromatic carbocycles. The van der Waals surface area contributed by atoms with Gasteiger partial charge in [-0.1, -0.05) is 25.1 Å². The second-order valence-electron chi connectivity index (χ2n) is 6.11. The molecule has 1 aromatic heterocycles. The van der Waals surface area contributed by atoms with Gasteiger partial charge in [0.2, 0.25) is 5.91 Å². The molecule has 26 heavy (non-hydrogen) atoms. The average molecular weight is 370 g/mol. The van der Waals surface area contributed by atoms with Crippen molar-refractivity contribution >= 4 is 28.9 Å². The van der Waals surface area contributed by atoms with E-state index in [9.17, 15) is 4.79 Å². The predicted octanol–water partition coefficient (Wildman–Crippen LogP) is 3.37. The standard InChI is InChI=1S/C19H22N4O2S/c1-3-4-17-21-22-19(26)23(17)12-18(24)20-11-13-5-6-15-10-16(25-2)8-7-14(15)9-13/h5-10H,3-4,11-12H2,1-2H3,(H,20,24)(H,22,26). The van der Waals surface area contributed by atoms with Crippen molar-refractivity contribution in [2.45, 2.75) is 32.9 Å². The zero-order chi connectivity index (χ0) is 18.5. The highest BCUT2D eigenvalue weighted by Gasteiger charge is 2.10. The lowest BCUT2D eigenvalue weighted by molar-refractivity contribution is -0.121. The van der Waals surface area contributed by atoms with Crippen LogP contribution in [0, 0.1) is 4.77 Å². The number of aromatic amines is 1. The number of methoxy groups -OCH3 is 1. The summed E-state index contributed by atoms with van der Waals surface area (Å²) in [7, 11) is 1.66. The van der Waals surface area contributed by atoms with Crippen LogP contribution in [0.1, 0.15) is 24.7 Å². The number of H-pyrrole nitrogens is 1. The molecule has 1 heterocycles. The number of aromatic nitrogens is 3. The van der Waals surface area contributed by atoms with Gasteiger partial charge in [0.15, 0.2) is 4.77 Å². The molecule has 3 rings (SSSR count). The molecule has 2 N–H and O–H groups in total. The Morgan fingerprint density at radius 3 is 2.81 bits per heavy atom. The van der Waals surface area contributed by atoms with Crippen molar-refractivity contribution in [2.75, 3.05) is 7.11 Å². The average Bonchev–Trinajstić information content (AvgIpc) is 2.99. The predicted molar refractivity (Wildman–Crippen MR) is 104 cm³/mol. The summed E-state index contributed by atoms with van der Waals surface area (Å²) >= 11 is 5.21. The number of hydrogen-bond acceptors (Lipinski definition) is 4. The molecule has 0 fully saturated rings. The number of nitrogens with one attached hydrogen (secondary N) is 2. The smallest absolute Gasteiger partial charge is 0.240 e. The van der Waals surface area contributed by atoms with Gasteiger partial charge in [-0.2, -0.15) is 5.10 Å². The van der Waals surface area contributed by atoms with Gasteiger partial charge in [-0.25, -0.2) is 0 Å². The minimum Gasteiger partial charge on any atom is -0.497 e. The van der Waals surface area contributed by atoms with Crippen LogP contribution in [0.4, 0.5) is 0 Å². The van der Waals surface area contributed by atoms with E-state index in [0.717, 1.165) is 40.8 Å². The summed E-state index contributed by atoms with van der Waals surface area (Å²) < 4.78 is 7.47. The van der Waals surface area contributed by atoms with Gasteiger partial charge in [-0.3, -0.25) is 14.5 Å². The number of hydrogen-bond donors (Lipinski definition) is 2. The van der Waals surface area contributed by atoms with Gasteiger partial charge in [0, 0.05) is 13.0 Å². The van der Waals surface area contributed by atoms with E-state index >= 15 is 0 Å². The van der Waals surface area contributed by atoms with Crippen LogP contribution in [-0.4, -0.2) is 27.8 Å². The third-order valence-electron chi connectivity index (χ3n) is 4.21. The maximum absolute atomic E-state index is 12.3. The summed E-state index contributed by atoms with van der Waals surface area (Å²) in [6.07, 6.45) is 1.73. The molecule has 0 aliphatic carbocycles. The van der Waals surface area contributed by atoms with E-state index in [1.165, 1.54) is 0 Å². The fourth-order valence-corrected chi connectivity index (χ4v) is 3.05. The molecule has 7 heteroatoms. The Morgan fingerprint density at radius 1 is 1.27 bits per heavy atom. The lowest BCUT2D eigenvalue weighted by atomic mass is 10.1. The van der Waals surface area contributed by atoms with E-state index in [4.69, 9.17) is 17.0 Å². The van der Waals surface area contributed by atoms with Crippen LogP contribution < -0.4 is 10.1 Å². The first-order valence-electron chi connectivity index (χ1n) is 8.58. The van der Waals surface area contributed by atoms with Gasteiger partial charge in [0.25, 0.3) is 0 Å². The lowest BCUT2D eigenvalue weighted by Crippen LogP contribution is -2.27. The van der Waals surface area contributed by atoms with Crippen LogP contribution in [0.5, 0.6) is 5.75 Å². The van der Waals surface area contributed by atoms with Crippen molar-refractivity contribution in [1.29, 1.82) is 0 Å². The van der Waals surface area contributed by atoms with E-state index in [1.54, 1.807) is 11.7 Å². The molecule has 0 aliphatic rings. The highest BCUT2D eigenvalue weighted by molar-refractivity contribution is 7.71. The number of rotatable bonds is 7. The van der Waals surface area contributed by atoms with Crippen molar-refractivity contribution in [3.63, 3.8) is 0 Å². The number of nitrogens with zero attached hydrogens (tertiary/aromatic N) is 2. The number of fused-ring (bicyclic) bond motifs is 1. The van der Waals surface area contributed by atoms with Gasteiger partial charge < -0.3 is 10.1 Å². The molecule has 0 radical (unpaired) electrons. The summed E-state index contributed by atoms with van der Waals surface area (Å²) in [4.78, 5) is 12.3. The Kier molecular flexibility index (Phi) is 5.68. The Balaban J connectivity index is 1.65. The summed E-state index contributed by atoms with van der Waals surface area (Å²) in [6, 6.07) is 12.1. The highest BCUT2D eigenvalue weighted by atomic mass is 32.1. The van der Waals surface area contributed by atoms with Gasteiger partial charge >= 0.3 is 0 Å². The minimum atomic E-state index is -0.0883. The number of ether oxygens (including phenoxy) is 1. The maximum atomic E-state index is 12.3. The van der Waals surface area contributed by atoms with Crippen LogP contribution in [-0.2, 0) is 24.3 Å². The van der Waals surface area contributed by atoms with Crippen LogP contribution in [0.15, 0.2) is 36.4 Å². The normalized spacial score (nSPS) is 10.8. The van der Waals surface area contributed by atoms with E-state index in [-0.39, 0.29) is 12.5 Å². The summed E-state index contributed by atoms with van der Waals surface area (Å²) in [5, 5.41) is 12.1. The molecule has 0 bridgehead atoms. The maximum Gasteiger partial charge on any atom is 0.240 e. The first kappa shape index (κ1) is 18.1. The number of carbonyl (C=O) groups is 1. The van der Waals surface area contributed by atoms with Gasteiger partial charge in [0.05, 0.1) is 7.11 Å². The summed E-state index contributed by atoms with van der Waals surface area (Å²) in [6.45, 7) is 2.71.